The first-order valence-corrected chi connectivity index (χ1v) is 6.34. The predicted molar refractivity (Wildman–Crippen MR) is 65.4 cm³/mol. The summed E-state index contributed by atoms with van der Waals surface area (Å²) >= 11 is 0. The highest BCUT2D eigenvalue weighted by Crippen LogP contribution is 2.21. The van der Waals surface area contributed by atoms with Crippen LogP contribution in [0.25, 0.3) is 0 Å². The van der Waals surface area contributed by atoms with E-state index in [0.29, 0.717) is 11.7 Å². The molecule has 0 aliphatic rings. The van der Waals surface area contributed by atoms with E-state index >= 15 is 0 Å². The number of aromatic nitrogens is 2. The number of hydrogen-bond acceptors (Lipinski definition) is 5. The molecule has 5 nitrogen and oxygen atoms in total. The number of rotatable bonds is 8. The van der Waals surface area contributed by atoms with Crippen LogP contribution in [-0.4, -0.2) is 17.3 Å². The van der Waals surface area contributed by atoms with E-state index in [4.69, 9.17) is 15.0 Å². The van der Waals surface area contributed by atoms with Gasteiger partial charge in [-0.05, 0) is 12.8 Å². The summed E-state index contributed by atoms with van der Waals surface area (Å²) in [7, 11) is 1.66. The fourth-order valence-corrected chi connectivity index (χ4v) is 1.69. The topological polar surface area (TPSA) is 74.2 Å². The fraction of sp³-hybridized carbons (Fsp3) is 0.833. The Kier molecular flexibility index (Phi) is 6.15. The SMILES string of the molecule is CCCC[C@H](N)c1nc(C(CCC)OC)no1. The Morgan fingerprint density at radius 2 is 2.06 bits per heavy atom. The van der Waals surface area contributed by atoms with E-state index in [1.807, 2.05) is 0 Å². The monoisotopic (exact) mass is 241 g/mol. The molecule has 1 aromatic rings. The third kappa shape index (κ3) is 4.09. The van der Waals surface area contributed by atoms with Crippen LogP contribution in [0.4, 0.5) is 0 Å². The molecule has 0 radical (unpaired) electrons. The second kappa shape index (κ2) is 7.40. The largest absolute Gasteiger partial charge is 0.373 e. The first-order chi connectivity index (χ1) is 8.22. The van der Waals surface area contributed by atoms with Crippen molar-refractivity contribution >= 4 is 0 Å². The van der Waals surface area contributed by atoms with Gasteiger partial charge >= 0.3 is 0 Å². The summed E-state index contributed by atoms with van der Waals surface area (Å²) < 4.78 is 10.5. The molecule has 1 unspecified atom stereocenters. The van der Waals surface area contributed by atoms with Crippen molar-refractivity contribution in [1.29, 1.82) is 0 Å². The van der Waals surface area contributed by atoms with Gasteiger partial charge in [0, 0.05) is 7.11 Å². The second-order valence-electron chi connectivity index (χ2n) is 4.25. The van der Waals surface area contributed by atoms with E-state index in [9.17, 15) is 0 Å². The van der Waals surface area contributed by atoms with Gasteiger partial charge in [-0.25, -0.2) is 0 Å². The number of nitrogens with zero attached hydrogens (tertiary/aromatic N) is 2. The lowest BCUT2D eigenvalue weighted by Gasteiger charge is -2.08. The third-order valence-electron chi connectivity index (χ3n) is 2.77. The van der Waals surface area contributed by atoms with Crippen molar-refractivity contribution in [2.45, 2.75) is 58.1 Å². The number of methoxy groups -OCH3 is 1. The van der Waals surface area contributed by atoms with E-state index < -0.39 is 0 Å². The van der Waals surface area contributed by atoms with Gasteiger partial charge in [0.15, 0.2) is 0 Å². The molecule has 5 heteroatoms. The van der Waals surface area contributed by atoms with Gasteiger partial charge in [-0.2, -0.15) is 4.98 Å². The van der Waals surface area contributed by atoms with E-state index in [2.05, 4.69) is 24.0 Å². The summed E-state index contributed by atoms with van der Waals surface area (Å²) in [5.74, 6) is 1.13. The highest BCUT2D eigenvalue weighted by atomic mass is 16.5. The standard InChI is InChI=1S/C12H23N3O2/c1-4-6-8-9(13)12-14-11(15-17-12)10(16-3)7-5-2/h9-10H,4-8,13H2,1-3H3/t9-,10?/m0/s1. The lowest BCUT2D eigenvalue weighted by atomic mass is 10.1. The second-order valence-corrected chi connectivity index (χ2v) is 4.25. The van der Waals surface area contributed by atoms with Gasteiger partial charge in [0.1, 0.15) is 6.10 Å². The van der Waals surface area contributed by atoms with Crippen molar-refractivity contribution in [3.05, 3.63) is 11.7 Å². The Hall–Kier alpha value is -0.940. The molecule has 1 aromatic heterocycles. The zero-order valence-corrected chi connectivity index (χ0v) is 11.0. The molecule has 17 heavy (non-hydrogen) atoms. The number of ether oxygens (including phenoxy) is 1. The summed E-state index contributed by atoms with van der Waals surface area (Å²) in [6, 6.07) is -0.157. The minimum Gasteiger partial charge on any atom is -0.373 e. The van der Waals surface area contributed by atoms with Gasteiger partial charge in [0.2, 0.25) is 11.7 Å². The van der Waals surface area contributed by atoms with E-state index in [1.165, 1.54) is 0 Å². The van der Waals surface area contributed by atoms with Crippen molar-refractivity contribution in [1.82, 2.24) is 10.1 Å². The average Bonchev–Trinajstić information content (AvgIpc) is 2.82. The van der Waals surface area contributed by atoms with Crippen molar-refractivity contribution in [3.8, 4) is 0 Å². The average molecular weight is 241 g/mol. The molecule has 0 saturated heterocycles. The molecule has 1 heterocycles. The van der Waals surface area contributed by atoms with Gasteiger partial charge in [-0.15, -0.1) is 0 Å². The zero-order valence-electron chi connectivity index (χ0n) is 11.0. The molecular formula is C12H23N3O2. The minimum atomic E-state index is -0.157. The Balaban J connectivity index is 2.62. The minimum absolute atomic E-state index is 0.0872. The van der Waals surface area contributed by atoms with Crippen molar-refractivity contribution in [2.24, 2.45) is 5.73 Å². The molecule has 0 fully saturated rings. The van der Waals surface area contributed by atoms with Crippen molar-refractivity contribution < 1.29 is 9.26 Å². The molecular weight excluding hydrogens is 218 g/mol. The molecule has 0 saturated carbocycles. The predicted octanol–water partition coefficient (Wildman–Crippen LogP) is 2.75. The van der Waals surface area contributed by atoms with E-state index in [1.54, 1.807) is 7.11 Å². The van der Waals surface area contributed by atoms with Crippen LogP contribution in [0.1, 0.15) is 69.8 Å². The quantitative estimate of drug-likeness (QED) is 0.757. The van der Waals surface area contributed by atoms with Crippen LogP contribution in [0.3, 0.4) is 0 Å². The molecule has 0 aromatic carbocycles. The smallest absolute Gasteiger partial charge is 0.243 e. The maximum absolute atomic E-state index is 5.97. The third-order valence-corrected chi connectivity index (χ3v) is 2.77. The van der Waals surface area contributed by atoms with Gasteiger partial charge in [0.05, 0.1) is 6.04 Å². The van der Waals surface area contributed by atoms with Crippen LogP contribution in [0, 0.1) is 0 Å². The maximum Gasteiger partial charge on any atom is 0.243 e. The van der Waals surface area contributed by atoms with Crippen LogP contribution in [-0.2, 0) is 4.74 Å². The van der Waals surface area contributed by atoms with Crippen molar-refractivity contribution in [2.75, 3.05) is 7.11 Å². The van der Waals surface area contributed by atoms with E-state index in [0.717, 1.165) is 32.1 Å². The van der Waals surface area contributed by atoms with Crippen LogP contribution in [0.15, 0.2) is 4.52 Å². The van der Waals surface area contributed by atoms with Crippen LogP contribution < -0.4 is 5.73 Å². The highest BCUT2D eigenvalue weighted by Gasteiger charge is 2.19. The van der Waals surface area contributed by atoms with Crippen molar-refractivity contribution in [3.63, 3.8) is 0 Å². The maximum atomic E-state index is 5.97. The molecule has 1 rings (SSSR count). The Labute approximate surface area is 103 Å². The first-order valence-electron chi connectivity index (χ1n) is 6.34. The van der Waals surface area contributed by atoms with Crippen LogP contribution >= 0.6 is 0 Å². The summed E-state index contributed by atoms with van der Waals surface area (Å²) in [5, 5.41) is 3.94. The molecule has 0 amide bonds. The summed E-state index contributed by atoms with van der Waals surface area (Å²) in [5.41, 5.74) is 5.97. The first kappa shape index (κ1) is 14.1. The highest BCUT2D eigenvalue weighted by molar-refractivity contribution is 4.95. The Morgan fingerprint density at radius 3 is 2.65 bits per heavy atom. The number of nitrogens with two attached hydrogens (primary N) is 1. The molecule has 0 aliphatic carbocycles. The Bertz CT molecular complexity index is 314. The molecule has 2 atom stereocenters. The number of hydrogen-bond donors (Lipinski definition) is 1. The lowest BCUT2D eigenvalue weighted by Crippen LogP contribution is -2.11. The molecule has 0 spiro atoms. The molecule has 0 bridgehead atoms. The molecule has 2 N–H and O–H groups in total. The Morgan fingerprint density at radius 1 is 1.29 bits per heavy atom. The fourth-order valence-electron chi connectivity index (χ4n) is 1.69. The van der Waals surface area contributed by atoms with E-state index in [-0.39, 0.29) is 12.1 Å². The summed E-state index contributed by atoms with van der Waals surface area (Å²) in [4.78, 5) is 4.33. The number of unbranched alkanes of at least 4 members (excludes halogenated alkanes) is 1. The summed E-state index contributed by atoms with van der Waals surface area (Å²) in [6.45, 7) is 4.23. The van der Waals surface area contributed by atoms with Gasteiger partial charge in [-0.3, -0.25) is 0 Å². The molecule has 98 valence electrons. The van der Waals surface area contributed by atoms with Gasteiger partial charge in [0.25, 0.3) is 0 Å². The lowest BCUT2D eigenvalue weighted by molar-refractivity contribution is 0.0854. The van der Waals surface area contributed by atoms with Crippen LogP contribution in [0.5, 0.6) is 0 Å². The summed E-state index contributed by atoms with van der Waals surface area (Å²) in [6.07, 6.45) is 4.89. The molecule has 0 aliphatic heterocycles. The van der Waals surface area contributed by atoms with Crippen LogP contribution in [0.2, 0.25) is 0 Å². The normalized spacial score (nSPS) is 14.8. The zero-order chi connectivity index (χ0) is 12.7. The van der Waals surface area contributed by atoms with Gasteiger partial charge in [-0.1, -0.05) is 38.3 Å². The van der Waals surface area contributed by atoms with Gasteiger partial charge < -0.3 is 15.0 Å².